The van der Waals surface area contributed by atoms with Crippen LogP contribution in [0.25, 0.3) is 6.08 Å². The Bertz CT molecular complexity index is 789. The van der Waals surface area contributed by atoms with E-state index in [4.69, 9.17) is 26.4 Å². The number of hydrogen-bond acceptors (Lipinski definition) is 7. The maximum atomic E-state index is 12.2. The quantitative estimate of drug-likeness (QED) is 0.340. The van der Waals surface area contributed by atoms with Crippen LogP contribution in [0.5, 0.6) is 11.5 Å². The minimum Gasteiger partial charge on any atom is -0.493 e. The highest BCUT2D eigenvalue weighted by molar-refractivity contribution is 7.80. The highest BCUT2D eigenvalue weighted by Crippen LogP contribution is 2.29. The van der Waals surface area contributed by atoms with Gasteiger partial charge in [0, 0.05) is 7.05 Å². The Balaban J connectivity index is 2.23. The highest BCUT2D eigenvalue weighted by atomic mass is 32.1. The summed E-state index contributed by atoms with van der Waals surface area (Å²) >= 11 is 4.90. The standard InChI is InChI=1S/C17H18N2O6S/c1-4-24-14(20)9-25-12-6-5-10(8-13(12)23-3)7-11-15(21)18-17(26)19(2)16(11)22/h5-8H,4,9H2,1-3H3,(H,18,21,26). The van der Waals surface area contributed by atoms with Crippen LogP contribution in [0.3, 0.4) is 0 Å². The smallest absolute Gasteiger partial charge is 0.344 e. The predicted octanol–water partition coefficient (Wildman–Crippen LogP) is 0.894. The molecule has 138 valence electrons. The minimum atomic E-state index is -0.570. The predicted molar refractivity (Wildman–Crippen MR) is 96.6 cm³/mol. The van der Waals surface area contributed by atoms with Crippen molar-refractivity contribution in [3.63, 3.8) is 0 Å². The van der Waals surface area contributed by atoms with Gasteiger partial charge in [0.2, 0.25) is 0 Å². The van der Waals surface area contributed by atoms with E-state index in [0.29, 0.717) is 17.1 Å². The molecule has 0 aliphatic carbocycles. The number of thiocarbonyl (C=S) groups is 1. The molecule has 1 N–H and O–H groups in total. The van der Waals surface area contributed by atoms with Crippen molar-refractivity contribution < 1.29 is 28.6 Å². The van der Waals surface area contributed by atoms with Crippen LogP contribution >= 0.6 is 12.2 Å². The summed E-state index contributed by atoms with van der Waals surface area (Å²) in [6.45, 7) is 1.71. The fourth-order valence-corrected chi connectivity index (χ4v) is 2.32. The van der Waals surface area contributed by atoms with Crippen LogP contribution in [0.15, 0.2) is 23.8 Å². The van der Waals surface area contributed by atoms with Gasteiger partial charge >= 0.3 is 5.97 Å². The topological polar surface area (TPSA) is 94.2 Å². The molecule has 1 heterocycles. The van der Waals surface area contributed by atoms with Crippen LogP contribution in [-0.2, 0) is 19.1 Å². The summed E-state index contributed by atoms with van der Waals surface area (Å²) < 4.78 is 15.4. The summed E-state index contributed by atoms with van der Waals surface area (Å²) in [7, 11) is 2.92. The number of nitrogens with one attached hydrogen (secondary N) is 1. The lowest BCUT2D eigenvalue weighted by molar-refractivity contribution is -0.145. The molecule has 0 radical (unpaired) electrons. The molecule has 1 aliphatic rings. The van der Waals surface area contributed by atoms with Gasteiger partial charge in [-0.1, -0.05) is 6.07 Å². The van der Waals surface area contributed by atoms with Gasteiger partial charge in [-0.2, -0.15) is 0 Å². The zero-order valence-electron chi connectivity index (χ0n) is 14.5. The van der Waals surface area contributed by atoms with E-state index in [1.165, 1.54) is 25.1 Å². The van der Waals surface area contributed by atoms with E-state index in [0.717, 1.165) is 0 Å². The van der Waals surface area contributed by atoms with Crippen molar-refractivity contribution >= 4 is 41.2 Å². The van der Waals surface area contributed by atoms with Crippen LogP contribution in [-0.4, -0.2) is 55.2 Å². The van der Waals surface area contributed by atoms with Gasteiger partial charge in [0.05, 0.1) is 13.7 Å². The van der Waals surface area contributed by atoms with E-state index in [9.17, 15) is 14.4 Å². The third kappa shape index (κ3) is 4.37. The third-order valence-corrected chi connectivity index (χ3v) is 3.83. The van der Waals surface area contributed by atoms with Gasteiger partial charge in [0.1, 0.15) is 5.57 Å². The molecule has 1 aliphatic heterocycles. The van der Waals surface area contributed by atoms with Gasteiger partial charge in [-0.3, -0.25) is 19.8 Å². The van der Waals surface area contributed by atoms with E-state index < -0.39 is 17.8 Å². The lowest BCUT2D eigenvalue weighted by Gasteiger charge is -2.25. The number of likely N-dealkylation sites (N-methyl/N-ethyl adjacent to an activating group) is 1. The van der Waals surface area contributed by atoms with Crippen molar-refractivity contribution in [2.45, 2.75) is 6.92 Å². The lowest BCUT2D eigenvalue weighted by Crippen LogP contribution is -2.52. The Labute approximate surface area is 155 Å². The largest absolute Gasteiger partial charge is 0.493 e. The van der Waals surface area contributed by atoms with Crippen LogP contribution in [0, 0.1) is 0 Å². The number of rotatable bonds is 6. The second-order valence-corrected chi connectivity index (χ2v) is 5.57. The maximum absolute atomic E-state index is 12.2. The molecule has 0 saturated carbocycles. The SMILES string of the molecule is CCOC(=O)COc1ccc(C=C2C(=O)NC(=S)N(C)C2=O)cc1OC. The van der Waals surface area contributed by atoms with E-state index >= 15 is 0 Å². The minimum absolute atomic E-state index is 0.0525. The van der Waals surface area contributed by atoms with E-state index in [2.05, 4.69) is 5.32 Å². The van der Waals surface area contributed by atoms with Crippen LogP contribution < -0.4 is 14.8 Å². The highest BCUT2D eigenvalue weighted by Gasteiger charge is 2.30. The number of carbonyl (C=O) groups excluding carboxylic acids is 3. The van der Waals surface area contributed by atoms with E-state index in [-0.39, 0.29) is 23.9 Å². The number of esters is 1. The molecule has 1 aromatic rings. The van der Waals surface area contributed by atoms with Crippen LogP contribution in [0.1, 0.15) is 12.5 Å². The number of benzene rings is 1. The Hall–Kier alpha value is -2.94. The van der Waals surface area contributed by atoms with Gasteiger partial charge in [-0.25, -0.2) is 4.79 Å². The molecule has 0 spiro atoms. The molecule has 0 aromatic heterocycles. The van der Waals surface area contributed by atoms with Gasteiger partial charge in [0.15, 0.2) is 23.2 Å². The zero-order chi connectivity index (χ0) is 19.3. The Morgan fingerprint density at radius 2 is 2.04 bits per heavy atom. The number of carbonyl (C=O) groups is 3. The second-order valence-electron chi connectivity index (χ2n) is 5.19. The van der Waals surface area contributed by atoms with Gasteiger partial charge in [0.25, 0.3) is 11.8 Å². The van der Waals surface area contributed by atoms with Crippen molar-refractivity contribution in [1.29, 1.82) is 0 Å². The number of hydrogen-bond donors (Lipinski definition) is 1. The summed E-state index contributed by atoms with van der Waals surface area (Å²) in [5.41, 5.74) is 0.494. The molecule has 8 nitrogen and oxygen atoms in total. The molecule has 0 atom stereocenters. The Kier molecular flexibility index (Phi) is 6.29. The number of ether oxygens (including phenoxy) is 3. The molecule has 0 bridgehead atoms. The van der Waals surface area contributed by atoms with E-state index in [1.807, 2.05) is 0 Å². The first-order chi connectivity index (χ1) is 12.4. The van der Waals surface area contributed by atoms with Crippen molar-refractivity contribution in [1.82, 2.24) is 10.2 Å². The molecule has 0 unspecified atom stereocenters. The molecule has 9 heteroatoms. The average molecular weight is 378 g/mol. The van der Waals surface area contributed by atoms with Crippen LogP contribution in [0.2, 0.25) is 0 Å². The molecule has 2 rings (SSSR count). The lowest BCUT2D eigenvalue weighted by atomic mass is 10.1. The average Bonchev–Trinajstić information content (AvgIpc) is 2.62. The first-order valence-electron chi connectivity index (χ1n) is 7.68. The Morgan fingerprint density at radius 1 is 1.31 bits per heavy atom. The molecular formula is C17H18N2O6S. The molecule has 1 aromatic carbocycles. The Morgan fingerprint density at radius 3 is 2.69 bits per heavy atom. The molecule has 2 amide bonds. The third-order valence-electron chi connectivity index (χ3n) is 3.45. The number of methoxy groups -OCH3 is 1. The van der Waals surface area contributed by atoms with Crippen molar-refractivity contribution in [3.05, 3.63) is 29.3 Å². The first kappa shape index (κ1) is 19.4. The molecule has 1 saturated heterocycles. The first-order valence-corrected chi connectivity index (χ1v) is 8.09. The number of nitrogens with zero attached hydrogens (tertiary/aromatic N) is 1. The maximum Gasteiger partial charge on any atom is 0.344 e. The summed E-state index contributed by atoms with van der Waals surface area (Å²) in [5.74, 6) is -0.888. The van der Waals surface area contributed by atoms with Crippen molar-refractivity contribution in [2.75, 3.05) is 27.4 Å². The van der Waals surface area contributed by atoms with E-state index in [1.54, 1.807) is 25.1 Å². The van der Waals surface area contributed by atoms with Crippen molar-refractivity contribution in [2.24, 2.45) is 0 Å². The van der Waals surface area contributed by atoms with Gasteiger partial charge in [-0.05, 0) is 42.9 Å². The summed E-state index contributed by atoms with van der Waals surface area (Å²) in [6, 6.07) is 4.79. The fourth-order valence-electron chi connectivity index (χ4n) is 2.14. The monoisotopic (exact) mass is 378 g/mol. The molecule has 1 fully saturated rings. The second kappa shape index (κ2) is 8.43. The van der Waals surface area contributed by atoms with Crippen molar-refractivity contribution in [3.8, 4) is 11.5 Å². The molecule has 26 heavy (non-hydrogen) atoms. The van der Waals surface area contributed by atoms with Crippen LogP contribution in [0.4, 0.5) is 0 Å². The fraction of sp³-hybridized carbons (Fsp3) is 0.294. The van der Waals surface area contributed by atoms with Gasteiger partial charge in [-0.15, -0.1) is 0 Å². The zero-order valence-corrected chi connectivity index (χ0v) is 15.3. The van der Waals surface area contributed by atoms with Gasteiger partial charge < -0.3 is 14.2 Å². The molecular weight excluding hydrogens is 360 g/mol. The summed E-state index contributed by atoms with van der Waals surface area (Å²) in [6.07, 6.45) is 1.42. The summed E-state index contributed by atoms with van der Waals surface area (Å²) in [5, 5.41) is 2.49. The number of amides is 2. The normalized spacial score (nSPS) is 15.7. The summed E-state index contributed by atoms with van der Waals surface area (Å²) in [4.78, 5) is 36.8.